The van der Waals surface area contributed by atoms with E-state index >= 15 is 0 Å². The van der Waals surface area contributed by atoms with Crippen LogP contribution in [0.25, 0.3) is 0 Å². The predicted octanol–water partition coefficient (Wildman–Crippen LogP) is 2.85. The van der Waals surface area contributed by atoms with Crippen molar-refractivity contribution >= 4 is 11.8 Å². The lowest BCUT2D eigenvalue weighted by Gasteiger charge is -2.38. The van der Waals surface area contributed by atoms with E-state index in [1.165, 1.54) is 5.12 Å². The lowest BCUT2D eigenvalue weighted by molar-refractivity contribution is -0.169. The Hall–Kier alpha value is -3.48. The number of aryl methyl sites for hydroxylation is 1. The zero-order chi connectivity index (χ0) is 26.6. The summed E-state index contributed by atoms with van der Waals surface area (Å²) in [5.41, 5.74) is 3.07. The van der Waals surface area contributed by atoms with Gasteiger partial charge in [0.2, 0.25) is 0 Å². The zero-order valence-electron chi connectivity index (χ0n) is 20.2. The van der Waals surface area contributed by atoms with Gasteiger partial charge in [0.25, 0.3) is 11.8 Å². The summed E-state index contributed by atoms with van der Waals surface area (Å²) in [6, 6.07) is 9.10. The van der Waals surface area contributed by atoms with Crippen LogP contribution in [0.4, 0.5) is 13.2 Å². The fraction of sp³-hybridized carbons (Fsp3) is 0.400. The molecule has 0 radical (unpaired) electrons. The lowest BCUT2D eigenvalue weighted by atomic mass is 10.1. The van der Waals surface area contributed by atoms with E-state index < -0.39 is 29.7 Å². The summed E-state index contributed by atoms with van der Waals surface area (Å²) in [5, 5.41) is 16.1. The number of nitrogens with zero attached hydrogens (tertiary/aromatic N) is 3. The summed E-state index contributed by atoms with van der Waals surface area (Å²) in [5.74, 6) is -1.10. The first-order valence-corrected chi connectivity index (χ1v) is 11.9. The summed E-state index contributed by atoms with van der Waals surface area (Å²) in [6.07, 6.45) is -1.87. The lowest BCUT2D eigenvalue weighted by Crippen LogP contribution is -2.56. The number of amides is 2. The Bertz CT molecular complexity index is 1150. The molecular formula is C25H28F3N5O4. The maximum atomic E-state index is 13.1. The normalized spacial score (nSPS) is 19.3. The molecule has 2 amide bonds. The maximum absolute atomic E-state index is 13.1. The number of carbonyl (C=O) groups excluding carboxylic acids is 2. The van der Waals surface area contributed by atoms with Crippen molar-refractivity contribution in [2.24, 2.45) is 0 Å². The third kappa shape index (κ3) is 6.45. The minimum absolute atomic E-state index is 0.120. The molecule has 1 saturated heterocycles. The number of aliphatic hydroxyl groups is 1. The van der Waals surface area contributed by atoms with Gasteiger partial charge in [-0.3, -0.25) is 9.59 Å². The molecule has 3 N–H and O–H groups in total. The Morgan fingerprint density at radius 3 is 2.57 bits per heavy atom. The highest BCUT2D eigenvalue weighted by Crippen LogP contribution is 2.30. The van der Waals surface area contributed by atoms with Crippen LogP contribution >= 0.6 is 0 Å². The van der Waals surface area contributed by atoms with E-state index in [1.54, 1.807) is 36.2 Å². The molecule has 1 aromatic carbocycles. The molecule has 0 aliphatic carbocycles. The Morgan fingerprint density at radius 1 is 1.16 bits per heavy atom. The topological polar surface area (TPSA) is 107 Å². The van der Waals surface area contributed by atoms with Crippen LogP contribution in [0.3, 0.4) is 0 Å². The number of rotatable bonds is 7. The Morgan fingerprint density at radius 2 is 1.92 bits per heavy atom. The van der Waals surface area contributed by atoms with Gasteiger partial charge in [-0.05, 0) is 62.1 Å². The summed E-state index contributed by atoms with van der Waals surface area (Å²) in [6.45, 7) is 2.37. The molecule has 1 aromatic heterocycles. The third-order valence-corrected chi connectivity index (χ3v) is 6.08. The highest BCUT2D eigenvalue weighted by atomic mass is 19.4. The largest absolute Gasteiger partial charge is 0.416 e. The standard InChI is InChI=1S/C25H28F3N5O4/c1-16-5-4-6-19(30-16)23(35)31-33-20(12-13-32(33)22-7-2-3-14-37-22)24(36)29-15-21(34)17-8-10-18(11-9-17)25(26,27)28/h4-6,8-12,21-22,34H,2-3,7,13-15H2,1H3,(H,29,36)(H,31,35). The van der Waals surface area contributed by atoms with Gasteiger partial charge < -0.3 is 15.2 Å². The fourth-order valence-corrected chi connectivity index (χ4v) is 4.12. The quantitative estimate of drug-likeness (QED) is 0.517. The molecule has 2 unspecified atom stereocenters. The molecule has 0 spiro atoms. The molecule has 37 heavy (non-hydrogen) atoms. The number of hydrazine groups is 2. The number of pyridine rings is 1. The highest BCUT2D eigenvalue weighted by Gasteiger charge is 2.36. The van der Waals surface area contributed by atoms with E-state index in [1.807, 2.05) is 0 Å². The molecule has 0 saturated carbocycles. The first-order chi connectivity index (χ1) is 17.6. The molecule has 2 aliphatic rings. The number of nitrogens with one attached hydrogen (secondary N) is 2. The number of halogens is 3. The van der Waals surface area contributed by atoms with Gasteiger partial charge in [-0.2, -0.15) is 18.2 Å². The fourth-order valence-electron chi connectivity index (χ4n) is 4.12. The van der Waals surface area contributed by atoms with Gasteiger partial charge in [0.15, 0.2) is 0 Å². The minimum Gasteiger partial charge on any atom is -0.387 e. The van der Waals surface area contributed by atoms with E-state index in [0.29, 0.717) is 25.3 Å². The van der Waals surface area contributed by atoms with E-state index in [-0.39, 0.29) is 29.7 Å². The Kier molecular flexibility index (Phi) is 8.10. The molecule has 4 rings (SSSR count). The van der Waals surface area contributed by atoms with Crippen LogP contribution < -0.4 is 10.7 Å². The second-order valence-electron chi connectivity index (χ2n) is 8.80. The molecule has 198 valence electrons. The van der Waals surface area contributed by atoms with E-state index in [0.717, 1.165) is 37.1 Å². The number of hydrogen-bond acceptors (Lipinski definition) is 7. The number of benzene rings is 1. The van der Waals surface area contributed by atoms with Crippen molar-refractivity contribution < 1.29 is 32.6 Å². The Balaban J connectivity index is 1.44. The second-order valence-corrected chi connectivity index (χ2v) is 8.80. The van der Waals surface area contributed by atoms with Crippen molar-refractivity contribution in [1.29, 1.82) is 0 Å². The van der Waals surface area contributed by atoms with Gasteiger partial charge in [-0.1, -0.05) is 18.2 Å². The van der Waals surface area contributed by atoms with E-state index in [9.17, 15) is 27.9 Å². The number of hydrogen-bond donors (Lipinski definition) is 3. The van der Waals surface area contributed by atoms with Crippen LogP contribution in [-0.2, 0) is 15.7 Å². The summed E-state index contributed by atoms with van der Waals surface area (Å²) < 4.78 is 44.2. The van der Waals surface area contributed by atoms with Crippen molar-refractivity contribution in [2.75, 3.05) is 19.7 Å². The van der Waals surface area contributed by atoms with Crippen LogP contribution in [0.5, 0.6) is 0 Å². The zero-order valence-corrected chi connectivity index (χ0v) is 20.2. The van der Waals surface area contributed by atoms with Crippen LogP contribution in [0.1, 0.15) is 52.7 Å². The monoisotopic (exact) mass is 519 g/mol. The number of aromatic nitrogens is 1. The van der Waals surface area contributed by atoms with Gasteiger partial charge in [0.05, 0.1) is 11.7 Å². The average molecular weight is 520 g/mol. The smallest absolute Gasteiger partial charge is 0.387 e. The van der Waals surface area contributed by atoms with Crippen molar-refractivity contribution in [2.45, 2.75) is 44.7 Å². The number of aliphatic hydroxyl groups excluding tert-OH is 1. The summed E-state index contributed by atoms with van der Waals surface area (Å²) in [7, 11) is 0. The van der Waals surface area contributed by atoms with Gasteiger partial charge in [-0.15, -0.1) is 0 Å². The first-order valence-electron chi connectivity index (χ1n) is 11.9. The number of ether oxygens (including phenoxy) is 1. The Labute approximate surface area is 211 Å². The molecule has 12 heteroatoms. The second kappa shape index (κ2) is 11.3. The first kappa shape index (κ1) is 26.6. The summed E-state index contributed by atoms with van der Waals surface area (Å²) in [4.78, 5) is 30.2. The van der Waals surface area contributed by atoms with Crippen molar-refractivity contribution in [3.63, 3.8) is 0 Å². The van der Waals surface area contributed by atoms with Gasteiger partial charge in [-0.25, -0.2) is 15.5 Å². The third-order valence-electron chi connectivity index (χ3n) is 6.08. The van der Waals surface area contributed by atoms with Crippen LogP contribution in [0.15, 0.2) is 54.2 Å². The molecule has 3 heterocycles. The van der Waals surface area contributed by atoms with Crippen LogP contribution in [0.2, 0.25) is 0 Å². The maximum Gasteiger partial charge on any atom is 0.416 e. The summed E-state index contributed by atoms with van der Waals surface area (Å²) >= 11 is 0. The molecule has 0 bridgehead atoms. The van der Waals surface area contributed by atoms with Crippen LogP contribution in [0, 0.1) is 6.92 Å². The molecule has 9 nitrogen and oxygen atoms in total. The van der Waals surface area contributed by atoms with Crippen molar-refractivity contribution in [3.8, 4) is 0 Å². The SMILES string of the molecule is Cc1cccc(C(=O)NN2C(C(=O)NCC(O)c3ccc(C(F)(F)F)cc3)=CCN2C2CCCCO2)n1. The van der Waals surface area contributed by atoms with E-state index in [2.05, 4.69) is 15.7 Å². The molecule has 1 fully saturated rings. The average Bonchev–Trinajstić information content (AvgIpc) is 3.30. The van der Waals surface area contributed by atoms with Crippen LogP contribution in [-0.4, -0.2) is 58.0 Å². The molecule has 2 aromatic rings. The highest BCUT2D eigenvalue weighted by molar-refractivity contribution is 5.95. The van der Waals surface area contributed by atoms with E-state index in [4.69, 9.17) is 4.74 Å². The number of alkyl halides is 3. The van der Waals surface area contributed by atoms with Gasteiger partial charge >= 0.3 is 6.18 Å². The molecule has 2 aliphatic heterocycles. The van der Waals surface area contributed by atoms with Gasteiger partial charge in [0, 0.05) is 25.4 Å². The van der Waals surface area contributed by atoms with Gasteiger partial charge in [0.1, 0.15) is 17.6 Å². The molecular weight excluding hydrogens is 491 g/mol. The predicted molar refractivity (Wildman–Crippen MR) is 126 cm³/mol. The number of carbonyl (C=O) groups is 2. The van der Waals surface area contributed by atoms with Crippen molar-refractivity contribution in [3.05, 3.63) is 76.8 Å². The van der Waals surface area contributed by atoms with Crippen molar-refractivity contribution in [1.82, 2.24) is 25.9 Å². The minimum atomic E-state index is -4.48. The molecule has 2 atom stereocenters.